The molecule has 1 aromatic carbocycles. The van der Waals surface area contributed by atoms with E-state index in [1.807, 2.05) is 44.4 Å². The first-order valence-electron chi connectivity index (χ1n) is 8.20. The molecule has 0 aliphatic rings. The van der Waals surface area contributed by atoms with Gasteiger partial charge in [-0.05, 0) is 44.3 Å². The minimum absolute atomic E-state index is 0.467. The van der Waals surface area contributed by atoms with Crippen molar-refractivity contribution in [3.05, 3.63) is 48.3 Å². The third-order valence-electron chi connectivity index (χ3n) is 4.02. The quantitative estimate of drug-likeness (QED) is 0.649. The highest BCUT2D eigenvalue weighted by Gasteiger charge is 2.16. The number of H-pyrrole nitrogens is 1. The van der Waals surface area contributed by atoms with Crippen LogP contribution in [0.5, 0.6) is 5.75 Å². The number of nitrogens with zero attached hydrogens (tertiary/aromatic N) is 2. The molecule has 0 unspecified atom stereocenters. The summed E-state index contributed by atoms with van der Waals surface area (Å²) in [5.74, 6) is 0.338. The second-order valence-corrected chi connectivity index (χ2v) is 6.18. The maximum Gasteiger partial charge on any atom is 0.250 e. The third kappa shape index (κ3) is 3.80. The molecule has 3 N–H and O–H groups in total. The second kappa shape index (κ2) is 7.36. The highest BCUT2D eigenvalue weighted by Crippen LogP contribution is 2.29. The molecule has 0 aliphatic carbocycles. The third-order valence-corrected chi connectivity index (χ3v) is 4.02. The van der Waals surface area contributed by atoms with Crippen LogP contribution < -0.4 is 10.5 Å². The molecule has 1 amide bonds. The molecule has 0 spiro atoms. The summed E-state index contributed by atoms with van der Waals surface area (Å²) in [6.45, 7) is 1.66. The van der Waals surface area contributed by atoms with Gasteiger partial charge >= 0.3 is 0 Å². The first-order valence-corrected chi connectivity index (χ1v) is 8.20. The summed E-state index contributed by atoms with van der Waals surface area (Å²) in [6, 6.07) is 9.45. The minimum atomic E-state index is -0.467. The monoisotopic (exact) mass is 338 g/mol. The van der Waals surface area contributed by atoms with Crippen molar-refractivity contribution in [2.24, 2.45) is 5.73 Å². The van der Waals surface area contributed by atoms with Crippen LogP contribution in [0.4, 0.5) is 0 Å². The number of primary amides is 1. The van der Waals surface area contributed by atoms with Crippen LogP contribution in [0.25, 0.3) is 22.2 Å². The van der Waals surface area contributed by atoms with E-state index in [1.165, 1.54) is 0 Å². The van der Waals surface area contributed by atoms with Crippen molar-refractivity contribution in [1.29, 1.82) is 0 Å². The molecular formula is C19H22N4O2. The first kappa shape index (κ1) is 17.0. The van der Waals surface area contributed by atoms with Gasteiger partial charge in [-0.2, -0.15) is 0 Å². The Morgan fingerprint density at radius 2 is 2.00 bits per heavy atom. The molecule has 3 aromatic rings. The molecular weight excluding hydrogens is 316 g/mol. The summed E-state index contributed by atoms with van der Waals surface area (Å²) in [4.78, 5) is 21.4. The van der Waals surface area contributed by atoms with Gasteiger partial charge in [-0.25, -0.2) is 4.98 Å². The van der Waals surface area contributed by atoms with Gasteiger partial charge in [0.2, 0.25) is 5.91 Å². The number of aromatic amines is 1. The van der Waals surface area contributed by atoms with Gasteiger partial charge in [-0.1, -0.05) is 12.1 Å². The Labute approximate surface area is 146 Å². The Balaban J connectivity index is 1.81. The van der Waals surface area contributed by atoms with E-state index in [4.69, 9.17) is 10.5 Å². The number of carbonyl (C=O) groups is 1. The summed E-state index contributed by atoms with van der Waals surface area (Å²) >= 11 is 0. The van der Waals surface area contributed by atoms with Gasteiger partial charge in [-0.3, -0.25) is 4.79 Å². The summed E-state index contributed by atoms with van der Waals surface area (Å²) in [5.41, 5.74) is 8.33. The Bertz CT molecular complexity index is 869. The fourth-order valence-electron chi connectivity index (χ4n) is 2.79. The van der Waals surface area contributed by atoms with Crippen LogP contribution >= 0.6 is 0 Å². The van der Waals surface area contributed by atoms with Crippen LogP contribution in [-0.4, -0.2) is 48.0 Å². The van der Waals surface area contributed by atoms with Crippen molar-refractivity contribution >= 4 is 16.9 Å². The lowest BCUT2D eigenvalue weighted by Crippen LogP contribution is -2.15. The van der Waals surface area contributed by atoms with Gasteiger partial charge in [0.05, 0.1) is 12.2 Å². The topological polar surface area (TPSA) is 84.2 Å². The molecule has 3 rings (SSSR count). The van der Waals surface area contributed by atoms with E-state index in [-0.39, 0.29) is 0 Å². The fourth-order valence-corrected chi connectivity index (χ4v) is 2.79. The summed E-state index contributed by atoms with van der Waals surface area (Å²) in [7, 11) is 4.08. The van der Waals surface area contributed by atoms with Gasteiger partial charge in [0.25, 0.3) is 0 Å². The number of nitrogens with two attached hydrogens (primary N) is 1. The van der Waals surface area contributed by atoms with E-state index in [0.717, 1.165) is 35.2 Å². The van der Waals surface area contributed by atoms with Crippen molar-refractivity contribution in [3.8, 4) is 16.9 Å². The van der Waals surface area contributed by atoms with Crippen LogP contribution in [0.2, 0.25) is 0 Å². The van der Waals surface area contributed by atoms with E-state index in [0.29, 0.717) is 17.8 Å². The Kier molecular flexibility index (Phi) is 5.00. The summed E-state index contributed by atoms with van der Waals surface area (Å²) < 4.78 is 5.74. The Morgan fingerprint density at radius 3 is 2.68 bits per heavy atom. The standard InChI is InChI=1S/C19H22N4O2/c1-23(2)10-3-11-25-14-6-4-13(5-7-14)16-12-22-19-15(8-9-21-19)17(16)18(20)24/h4-9,12H,3,10-11H2,1-2H3,(H2,20,24)(H,21,22). The van der Waals surface area contributed by atoms with E-state index < -0.39 is 5.91 Å². The van der Waals surface area contributed by atoms with Crippen LogP contribution in [0.3, 0.4) is 0 Å². The molecule has 6 heteroatoms. The summed E-state index contributed by atoms with van der Waals surface area (Å²) in [5, 5.41) is 0.731. The SMILES string of the molecule is CN(C)CCCOc1ccc(-c2cnc3[nH]ccc3c2C(N)=O)cc1. The number of hydrogen-bond acceptors (Lipinski definition) is 4. The van der Waals surface area contributed by atoms with E-state index >= 15 is 0 Å². The predicted octanol–water partition coefficient (Wildman–Crippen LogP) is 2.66. The van der Waals surface area contributed by atoms with Crippen molar-refractivity contribution < 1.29 is 9.53 Å². The smallest absolute Gasteiger partial charge is 0.250 e. The maximum absolute atomic E-state index is 12.0. The van der Waals surface area contributed by atoms with Gasteiger partial charge in [-0.15, -0.1) is 0 Å². The van der Waals surface area contributed by atoms with Crippen LogP contribution in [0, 0.1) is 0 Å². The fraction of sp³-hybridized carbons (Fsp3) is 0.263. The molecule has 0 radical (unpaired) electrons. The van der Waals surface area contributed by atoms with Crippen LogP contribution in [0.1, 0.15) is 16.8 Å². The van der Waals surface area contributed by atoms with Crippen molar-refractivity contribution in [2.45, 2.75) is 6.42 Å². The molecule has 130 valence electrons. The lowest BCUT2D eigenvalue weighted by atomic mass is 9.99. The molecule has 0 aliphatic heterocycles. The van der Waals surface area contributed by atoms with Crippen molar-refractivity contribution in [2.75, 3.05) is 27.2 Å². The molecule has 6 nitrogen and oxygen atoms in total. The zero-order valence-electron chi connectivity index (χ0n) is 14.5. The average Bonchev–Trinajstić information content (AvgIpc) is 3.06. The van der Waals surface area contributed by atoms with Gasteiger partial charge in [0, 0.05) is 29.9 Å². The van der Waals surface area contributed by atoms with Gasteiger partial charge in [0.15, 0.2) is 0 Å². The molecule has 0 saturated heterocycles. The van der Waals surface area contributed by atoms with Gasteiger partial charge < -0.3 is 20.4 Å². The lowest BCUT2D eigenvalue weighted by molar-refractivity contribution is 0.100. The summed E-state index contributed by atoms with van der Waals surface area (Å²) in [6.07, 6.45) is 4.39. The predicted molar refractivity (Wildman–Crippen MR) is 98.7 cm³/mol. The minimum Gasteiger partial charge on any atom is -0.494 e. The average molecular weight is 338 g/mol. The molecule has 0 atom stereocenters. The molecule has 0 fully saturated rings. The van der Waals surface area contributed by atoms with Crippen LogP contribution in [-0.2, 0) is 0 Å². The highest BCUT2D eigenvalue weighted by molar-refractivity contribution is 6.10. The molecule has 2 aromatic heterocycles. The molecule has 0 saturated carbocycles. The number of rotatable bonds is 7. The number of pyridine rings is 1. The number of aromatic nitrogens is 2. The normalized spacial score (nSPS) is 11.2. The number of benzene rings is 1. The van der Waals surface area contributed by atoms with Crippen molar-refractivity contribution in [3.63, 3.8) is 0 Å². The zero-order chi connectivity index (χ0) is 17.8. The number of amides is 1. The number of fused-ring (bicyclic) bond motifs is 1. The van der Waals surface area contributed by atoms with Gasteiger partial charge in [0.1, 0.15) is 11.4 Å². The number of carbonyl (C=O) groups excluding carboxylic acids is 1. The van der Waals surface area contributed by atoms with E-state index in [9.17, 15) is 4.79 Å². The van der Waals surface area contributed by atoms with E-state index in [1.54, 1.807) is 12.4 Å². The van der Waals surface area contributed by atoms with Crippen molar-refractivity contribution in [1.82, 2.24) is 14.9 Å². The lowest BCUT2D eigenvalue weighted by Gasteiger charge is -2.11. The largest absolute Gasteiger partial charge is 0.494 e. The molecule has 0 bridgehead atoms. The zero-order valence-corrected chi connectivity index (χ0v) is 14.5. The number of ether oxygens (including phenoxy) is 1. The number of hydrogen-bond donors (Lipinski definition) is 2. The van der Waals surface area contributed by atoms with Crippen LogP contribution in [0.15, 0.2) is 42.7 Å². The second-order valence-electron chi connectivity index (χ2n) is 6.18. The molecule has 25 heavy (non-hydrogen) atoms. The van der Waals surface area contributed by atoms with E-state index in [2.05, 4.69) is 14.9 Å². The Hall–Kier alpha value is -2.86. The first-order chi connectivity index (χ1) is 12.1. The molecule has 2 heterocycles. The maximum atomic E-state index is 12.0. The number of nitrogens with one attached hydrogen (secondary N) is 1. The Morgan fingerprint density at radius 1 is 1.24 bits per heavy atom. The highest BCUT2D eigenvalue weighted by atomic mass is 16.5.